The topological polar surface area (TPSA) is 87.7 Å². The van der Waals surface area contributed by atoms with E-state index >= 15 is 0 Å². The molecule has 7 heteroatoms. The van der Waals surface area contributed by atoms with Gasteiger partial charge in [0.25, 0.3) is 5.91 Å². The van der Waals surface area contributed by atoms with Crippen LogP contribution in [-0.2, 0) is 14.3 Å². The van der Waals surface area contributed by atoms with E-state index in [0.717, 1.165) is 17.7 Å². The predicted octanol–water partition coefficient (Wildman–Crippen LogP) is 0.00370. The Morgan fingerprint density at radius 2 is 2.10 bits per heavy atom. The van der Waals surface area contributed by atoms with E-state index in [-0.39, 0.29) is 18.4 Å². The molecule has 0 aromatic carbocycles. The molecule has 20 heavy (non-hydrogen) atoms. The van der Waals surface area contributed by atoms with Gasteiger partial charge in [-0.3, -0.25) is 14.5 Å². The van der Waals surface area contributed by atoms with Crippen molar-refractivity contribution in [2.75, 3.05) is 26.8 Å². The summed E-state index contributed by atoms with van der Waals surface area (Å²) in [7, 11) is 1.59. The van der Waals surface area contributed by atoms with Crippen molar-refractivity contribution >= 4 is 17.8 Å². The fourth-order valence-electron chi connectivity index (χ4n) is 2.78. The van der Waals surface area contributed by atoms with E-state index in [0.29, 0.717) is 32.4 Å². The number of carbonyl (C=O) groups excluding carboxylic acids is 3. The normalized spacial score (nSPS) is 20.6. The monoisotopic (exact) mass is 283 g/mol. The molecule has 7 nitrogen and oxygen atoms in total. The van der Waals surface area contributed by atoms with E-state index in [1.165, 1.54) is 0 Å². The molecule has 0 unspecified atom stereocenters. The number of amides is 4. The maximum Gasteiger partial charge on any atom is 0.325 e. The Morgan fingerprint density at radius 3 is 2.75 bits per heavy atom. The van der Waals surface area contributed by atoms with Crippen molar-refractivity contribution in [3.63, 3.8) is 0 Å². The molecule has 2 aliphatic rings. The van der Waals surface area contributed by atoms with Crippen molar-refractivity contribution in [2.45, 2.75) is 37.6 Å². The average molecular weight is 283 g/mol. The molecule has 2 fully saturated rings. The summed E-state index contributed by atoms with van der Waals surface area (Å²) in [6.45, 7) is 0.827. The summed E-state index contributed by atoms with van der Waals surface area (Å²) in [6, 6.07) is -0.455. The van der Waals surface area contributed by atoms with E-state index in [9.17, 15) is 14.4 Å². The zero-order chi connectivity index (χ0) is 14.6. The van der Waals surface area contributed by atoms with Gasteiger partial charge in [0, 0.05) is 20.3 Å². The zero-order valence-electron chi connectivity index (χ0n) is 11.7. The van der Waals surface area contributed by atoms with E-state index in [1.807, 2.05) is 0 Å². The van der Waals surface area contributed by atoms with Gasteiger partial charge in [0.2, 0.25) is 5.91 Å². The third kappa shape index (κ3) is 2.92. The minimum absolute atomic E-state index is 0.209. The van der Waals surface area contributed by atoms with Crippen LogP contribution < -0.4 is 10.6 Å². The first kappa shape index (κ1) is 14.8. The predicted molar refractivity (Wildman–Crippen MR) is 70.9 cm³/mol. The summed E-state index contributed by atoms with van der Waals surface area (Å²) in [5.74, 6) is -0.577. The van der Waals surface area contributed by atoms with Crippen LogP contribution in [0.25, 0.3) is 0 Å². The molecule has 0 aromatic rings. The lowest BCUT2D eigenvalue weighted by Crippen LogP contribution is -2.45. The van der Waals surface area contributed by atoms with Crippen LogP contribution in [0.2, 0.25) is 0 Å². The summed E-state index contributed by atoms with van der Waals surface area (Å²) in [6.07, 6.45) is 3.91. The fourth-order valence-corrected chi connectivity index (χ4v) is 2.78. The number of carbonyl (C=O) groups is 3. The van der Waals surface area contributed by atoms with Gasteiger partial charge in [0.05, 0.1) is 0 Å². The number of nitrogens with zero attached hydrogens (tertiary/aromatic N) is 1. The van der Waals surface area contributed by atoms with E-state index in [4.69, 9.17) is 4.74 Å². The quantitative estimate of drug-likeness (QED) is 0.531. The molecule has 4 amide bonds. The van der Waals surface area contributed by atoms with E-state index in [1.54, 1.807) is 7.11 Å². The number of ether oxygens (including phenoxy) is 1. The molecule has 0 bridgehead atoms. The van der Waals surface area contributed by atoms with Crippen LogP contribution in [0.15, 0.2) is 0 Å². The first-order valence-corrected chi connectivity index (χ1v) is 6.99. The molecule has 1 spiro atoms. The Hall–Kier alpha value is -1.63. The molecule has 1 aliphatic heterocycles. The second-order valence-electron chi connectivity index (χ2n) is 5.31. The van der Waals surface area contributed by atoms with Crippen LogP contribution in [0.4, 0.5) is 4.79 Å². The van der Waals surface area contributed by atoms with Crippen LogP contribution in [0.5, 0.6) is 0 Å². The van der Waals surface area contributed by atoms with Crippen molar-refractivity contribution in [1.82, 2.24) is 15.5 Å². The largest absolute Gasteiger partial charge is 0.385 e. The summed E-state index contributed by atoms with van der Waals surface area (Å²) in [5.41, 5.74) is -0.743. The van der Waals surface area contributed by atoms with Crippen LogP contribution in [0, 0.1) is 0 Å². The second-order valence-corrected chi connectivity index (χ2v) is 5.31. The summed E-state index contributed by atoms with van der Waals surface area (Å²) >= 11 is 0. The van der Waals surface area contributed by atoms with Gasteiger partial charge in [-0.15, -0.1) is 0 Å². The fraction of sp³-hybridized carbons (Fsp3) is 0.769. The van der Waals surface area contributed by atoms with E-state index < -0.39 is 11.6 Å². The minimum atomic E-state index is -0.743. The lowest BCUT2D eigenvalue weighted by molar-refractivity contribution is -0.134. The molecule has 1 aliphatic carbocycles. The Kier molecular flexibility index (Phi) is 4.59. The first-order chi connectivity index (χ1) is 9.59. The van der Waals surface area contributed by atoms with Crippen molar-refractivity contribution in [2.24, 2.45) is 0 Å². The van der Waals surface area contributed by atoms with Crippen molar-refractivity contribution in [3.8, 4) is 0 Å². The standard InChI is InChI=1S/C13H21N3O4/c1-20-8-4-7-14-10(17)9-16-11(18)13(15-12(16)19)5-2-3-6-13/h2-9H2,1H3,(H,14,17)(H,15,19). The number of hydrogen-bond donors (Lipinski definition) is 2. The van der Waals surface area contributed by atoms with Crippen molar-refractivity contribution in [1.29, 1.82) is 0 Å². The van der Waals surface area contributed by atoms with Gasteiger partial charge in [-0.1, -0.05) is 12.8 Å². The molecule has 0 aromatic heterocycles. The molecular formula is C13H21N3O4. The van der Waals surface area contributed by atoms with Crippen LogP contribution in [-0.4, -0.2) is 55.1 Å². The molecule has 1 saturated carbocycles. The number of hydrogen-bond acceptors (Lipinski definition) is 4. The van der Waals surface area contributed by atoms with Gasteiger partial charge < -0.3 is 15.4 Å². The highest BCUT2D eigenvalue weighted by molar-refractivity contribution is 6.09. The summed E-state index contributed by atoms with van der Waals surface area (Å²) in [4.78, 5) is 36.9. The highest BCUT2D eigenvalue weighted by Crippen LogP contribution is 2.34. The molecule has 1 saturated heterocycles. The molecule has 1 heterocycles. The van der Waals surface area contributed by atoms with Crippen LogP contribution in [0.3, 0.4) is 0 Å². The number of urea groups is 1. The lowest BCUT2D eigenvalue weighted by atomic mass is 9.98. The Morgan fingerprint density at radius 1 is 1.40 bits per heavy atom. The van der Waals surface area contributed by atoms with Gasteiger partial charge in [0.1, 0.15) is 12.1 Å². The SMILES string of the molecule is COCCCNC(=O)CN1C(=O)NC2(CCCC2)C1=O. The molecule has 2 rings (SSSR count). The van der Waals surface area contributed by atoms with E-state index in [2.05, 4.69) is 10.6 Å². The van der Waals surface area contributed by atoms with Crippen molar-refractivity contribution in [3.05, 3.63) is 0 Å². The summed E-state index contributed by atoms with van der Waals surface area (Å²) in [5, 5.41) is 5.42. The smallest absolute Gasteiger partial charge is 0.325 e. The van der Waals surface area contributed by atoms with Gasteiger partial charge >= 0.3 is 6.03 Å². The highest BCUT2D eigenvalue weighted by Gasteiger charge is 2.52. The Bertz CT molecular complexity index is 404. The maximum absolute atomic E-state index is 12.3. The number of rotatable bonds is 6. The van der Waals surface area contributed by atoms with Gasteiger partial charge in [-0.05, 0) is 19.3 Å². The second kappa shape index (κ2) is 6.21. The van der Waals surface area contributed by atoms with Crippen LogP contribution in [0.1, 0.15) is 32.1 Å². The highest BCUT2D eigenvalue weighted by atomic mass is 16.5. The molecular weight excluding hydrogens is 262 g/mol. The third-order valence-electron chi connectivity index (χ3n) is 3.85. The van der Waals surface area contributed by atoms with Crippen LogP contribution >= 0.6 is 0 Å². The van der Waals surface area contributed by atoms with Gasteiger partial charge in [-0.25, -0.2) is 4.79 Å². The lowest BCUT2D eigenvalue weighted by Gasteiger charge is -2.19. The molecule has 2 N–H and O–H groups in total. The summed E-state index contributed by atoms with van der Waals surface area (Å²) < 4.78 is 4.87. The molecule has 112 valence electrons. The number of nitrogens with one attached hydrogen (secondary N) is 2. The van der Waals surface area contributed by atoms with Crippen molar-refractivity contribution < 1.29 is 19.1 Å². The number of methoxy groups -OCH3 is 1. The molecule has 0 radical (unpaired) electrons. The first-order valence-electron chi connectivity index (χ1n) is 6.99. The Balaban J connectivity index is 1.85. The maximum atomic E-state index is 12.3. The molecule has 0 atom stereocenters. The third-order valence-corrected chi connectivity index (χ3v) is 3.85. The Labute approximate surface area is 118 Å². The van der Waals surface area contributed by atoms with Gasteiger partial charge in [-0.2, -0.15) is 0 Å². The minimum Gasteiger partial charge on any atom is -0.385 e. The average Bonchev–Trinajstić information content (AvgIpc) is 2.97. The zero-order valence-corrected chi connectivity index (χ0v) is 11.7. The van der Waals surface area contributed by atoms with Gasteiger partial charge in [0.15, 0.2) is 0 Å². The number of imide groups is 1.